The monoisotopic (exact) mass is 272 g/mol. The molecule has 0 spiro atoms. The van der Waals surface area contributed by atoms with Crippen molar-refractivity contribution in [2.45, 2.75) is 20.1 Å². The zero-order chi connectivity index (χ0) is 14.5. The molecule has 0 radical (unpaired) electrons. The van der Waals surface area contributed by atoms with Crippen molar-refractivity contribution in [3.05, 3.63) is 53.1 Å². The average Bonchev–Trinajstić information content (AvgIpc) is 2.47. The Morgan fingerprint density at radius 3 is 2.40 bits per heavy atom. The highest BCUT2D eigenvalue weighted by atomic mass is 16.5. The molecular weight excluding hydrogens is 252 g/mol. The molecule has 2 aromatic rings. The van der Waals surface area contributed by atoms with Crippen molar-refractivity contribution >= 4 is 0 Å². The fraction of sp³-hybridized carbons (Fsp3) is 0.294. The number of methoxy groups -OCH3 is 2. The first kappa shape index (κ1) is 14.6. The molecule has 2 rings (SSSR count). The van der Waals surface area contributed by atoms with E-state index in [4.69, 9.17) is 9.47 Å². The smallest absolute Gasteiger partial charge is 0.119 e. The van der Waals surface area contributed by atoms with Crippen LogP contribution in [0.4, 0.5) is 0 Å². The van der Waals surface area contributed by atoms with Crippen LogP contribution < -0.4 is 4.74 Å². The molecule has 0 saturated carbocycles. The van der Waals surface area contributed by atoms with Crippen LogP contribution in [0.1, 0.15) is 16.7 Å². The van der Waals surface area contributed by atoms with Crippen LogP contribution >= 0.6 is 0 Å². The average molecular weight is 272 g/mol. The molecule has 0 unspecified atom stereocenters. The predicted octanol–water partition coefficient (Wildman–Crippen LogP) is 3.31. The van der Waals surface area contributed by atoms with Crippen molar-refractivity contribution in [1.29, 1.82) is 0 Å². The van der Waals surface area contributed by atoms with Gasteiger partial charge < -0.3 is 14.6 Å². The van der Waals surface area contributed by atoms with Gasteiger partial charge in [-0.25, -0.2) is 0 Å². The Labute approximate surface area is 119 Å². The molecule has 0 bridgehead atoms. The van der Waals surface area contributed by atoms with Crippen LogP contribution in [0.2, 0.25) is 0 Å². The lowest BCUT2D eigenvalue weighted by molar-refractivity contribution is 0.185. The molecule has 3 heteroatoms. The van der Waals surface area contributed by atoms with Crippen molar-refractivity contribution in [1.82, 2.24) is 0 Å². The zero-order valence-electron chi connectivity index (χ0n) is 12.1. The van der Waals surface area contributed by atoms with Crippen molar-refractivity contribution in [3.8, 4) is 16.9 Å². The van der Waals surface area contributed by atoms with Gasteiger partial charge in [0.25, 0.3) is 0 Å². The number of ether oxygens (including phenoxy) is 2. The minimum atomic E-state index is 0.0691. The lowest BCUT2D eigenvalue weighted by Crippen LogP contribution is -1.95. The maximum atomic E-state index is 9.25. The molecule has 106 valence electrons. The van der Waals surface area contributed by atoms with E-state index in [-0.39, 0.29) is 6.61 Å². The highest BCUT2D eigenvalue weighted by Gasteiger charge is 2.08. The SMILES string of the molecule is COCc1cc(OC)ccc1-c1ccc(CO)c(C)c1. The van der Waals surface area contributed by atoms with E-state index < -0.39 is 0 Å². The zero-order valence-corrected chi connectivity index (χ0v) is 12.1. The fourth-order valence-electron chi connectivity index (χ4n) is 2.29. The van der Waals surface area contributed by atoms with Gasteiger partial charge in [-0.1, -0.05) is 24.3 Å². The van der Waals surface area contributed by atoms with Crippen LogP contribution in [0.3, 0.4) is 0 Å². The van der Waals surface area contributed by atoms with Crippen LogP contribution in [-0.4, -0.2) is 19.3 Å². The first-order valence-corrected chi connectivity index (χ1v) is 6.56. The molecule has 0 atom stereocenters. The summed E-state index contributed by atoms with van der Waals surface area (Å²) < 4.78 is 10.5. The first-order valence-electron chi connectivity index (χ1n) is 6.56. The molecule has 20 heavy (non-hydrogen) atoms. The summed E-state index contributed by atoms with van der Waals surface area (Å²) >= 11 is 0. The lowest BCUT2D eigenvalue weighted by atomic mass is 9.96. The maximum Gasteiger partial charge on any atom is 0.119 e. The second-order valence-electron chi connectivity index (χ2n) is 4.76. The number of rotatable bonds is 5. The Balaban J connectivity index is 2.48. The molecule has 2 aromatic carbocycles. The molecule has 0 aliphatic carbocycles. The Hall–Kier alpha value is -1.84. The summed E-state index contributed by atoms with van der Waals surface area (Å²) in [6.45, 7) is 2.61. The van der Waals surface area contributed by atoms with Gasteiger partial charge in [-0.3, -0.25) is 0 Å². The van der Waals surface area contributed by atoms with Crippen LogP contribution in [0, 0.1) is 6.92 Å². The summed E-state index contributed by atoms with van der Waals surface area (Å²) in [6.07, 6.45) is 0. The molecule has 0 fully saturated rings. The van der Waals surface area contributed by atoms with E-state index in [9.17, 15) is 5.11 Å². The van der Waals surface area contributed by atoms with Crippen LogP contribution in [0.5, 0.6) is 5.75 Å². The summed E-state index contributed by atoms with van der Waals surface area (Å²) in [6, 6.07) is 12.1. The van der Waals surface area contributed by atoms with E-state index in [2.05, 4.69) is 6.07 Å². The van der Waals surface area contributed by atoms with E-state index in [1.54, 1.807) is 14.2 Å². The van der Waals surface area contributed by atoms with E-state index in [1.807, 2.05) is 37.3 Å². The van der Waals surface area contributed by atoms with Gasteiger partial charge in [-0.2, -0.15) is 0 Å². The van der Waals surface area contributed by atoms with E-state index in [0.29, 0.717) is 6.61 Å². The van der Waals surface area contributed by atoms with E-state index in [1.165, 1.54) is 0 Å². The maximum absolute atomic E-state index is 9.25. The van der Waals surface area contributed by atoms with Gasteiger partial charge in [0.1, 0.15) is 5.75 Å². The Kier molecular flexibility index (Phi) is 4.77. The van der Waals surface area contributed by atoms with Gasteiger partial charge in [0.15, 0.2) is 0 Å². The minimum Gasteiger partial charge on any atom is -0.497 e. The third kappa shape index (κ3) is 3.00. The molecular formula is C17H20O3. The molecule has 0 amide bonds. The third-order valence-corrected chi connectivity index (χ3v) is 3.44. The summed E-state index contributed by atoms with van der Waals surface area (Å²) in [4.78, 5) is 0. The van der Waals surface area contributed by atoms with Crippen molar-refractivity contribution < 1.29 is 14.6 Å². The number of aliphatic hydroxyl groups excluding tert-OH is 1. The largest absolute Gasteiger partial charge is 0.497 e. The molecule has 0 aliphatic heterocycles. The molecule has 3 nitrogen and oxygen atoms in total. The Morgan fingerprint density at radius 2 is 1.80 bits per heavy atom. The van der Waals surface area contributed by atoms with Crippen LogP contribution in [0.25, 0.3) is 11.1 Å². The number of aliphatic hydroxyl groups is 1. The van der Waals surface area contributed by atoms with Crippen molar-refractivity contribution in [3.63, 3.8) is 0 Å². The van der Waals surface area contributed by atoms with E-state index >= 15 is 0 Å². The second kappa shape index (κ2) is 6.55. The second-order valence-corrected chi connectivity index (χ2v) is 4.76. The standard InChI is InChI=1S/C17H20O3/c1-12-8-13(4-5-14(12)10-18)17-7-6-16(20-3)9-15(17)11-19-2/h4-9,18H,10-11H2,1-3H3. The normalized spacial score (nSPS) is 10.6. The minimum absolute atomic E-state index is 0.0691. The molecule has 0 saturated heterocycles. The van der Waals surface area contributed by atoms with Gasteiger partial charge >= 0.3 is 0 Å². The fourth-order valence-corrected chi connectivity index (χ4v) is 2.29. The molecule has 0 heterocycles. The summed E-state index contributed by atoms with van der Waals surface area (Å²) in [5.41, 5.74) is 5.37. The van der Waals surface area contributed by atoms with Gasteiger partial charge in [-0.05, 0) is 46.9 Å². The Morgan fingerprint density at radius 1 is 1.00 bits per heavy atom. The quantitative estimate of drug-likeness (QED) is 0.907. The molecule has 0 aliphatic rings. The summed E-state index contributed by atoms with van der Waals surface area (Å²) in [7, 11) is 3.34. The topological polar surface area (TPSA) is 38.7 Å². The summed E-state index contributed by atoms with van der Waals surface area (Å²) in [5.74, 6) is 0.824. The van der Waals surface area contributed by atoms with E-state index in [0.717, 1.165) is 33.6 Å². The first-order chi connectivity index (χ1) is 9.69. The molecule has 1 N–H and O–H groups in total. The van der Waals surface area contributed by atoms with Gasteiger partial charge in [-0.15, -0.1) is 0 Å². The van der Waals surface area contributed by atoms with Gasteiger partial charge in [0.2, 0.25) is 0 Å². The lowest BCUT2D eigenvalue weighted by Gasteiger charge is -2.13. The van der Waals surface area contributed by atoms with Crippen LogP contribution in [-0.2, 0) is 18.0 Å². The summed E-state index contributed by atoms with van der Waals surface area (Å²) in [5, 5.41) is 9.25. The van der Waals surface area contributed by atoms with Crippen molar-refractivity contribution in [2.24, 2.45) is 0 Å². The highest BCUT2D eigenvalue weighted by molar-refractivity contribution is 5.69. The Bertz CT molecular complexity index is 591. The number of hydrogen-bond acceptors (Lipinski definition) is 3. The van der Waals surface area contributed by atoms with Crippen molar-refractivity contribution in [2.75, 3.05) is 14.2 Å². The van der Waals surface area contributed by atoms with Gasteiger partial charge in [0.05, 0.1) is 20.3 Å². The third-order valence-electron chi connectivity index (χ3n) is 3.44. The van der Waals surface area contributed by atoms with Gasteiger partial charge in [0, 0.05) is 7.11 Å². The number of benzene rings is 2. The predicted molar refractivity (Wildman–Crippen MR) is 79.8 cm³/mol. The number of hydrogen-bond donors (Lipinski definition) is 1. The number of aryl methyl sites for hydroxylation is 1. The highest BCUT2D eigenvalue weighted by Crippen LogP contribution is 2.29. The van der Waals surface area contributed by atoms with Crippen LogP contribution in [0.15, 0.2) is 36.4 Å². The molecule has 0 aromatic heterocycles.